The van der Waals surface area contributed by atoms with Crippen molar-refractivity contribution >= 4 is 34.8 Å². The van der Waals surface area contributed by atoms with E-state index in [0.717, 1.165) is 0 Å². The van der Waals surface area contributed by atoms with Gasteiger partial charge in [0, 0.05) is 7.05 Å². The molecule has 0 bridgehead atoms. The molecule has 0 atom stereocenters. The van der Waals surface area contributed by atoms with Gasteiger partial charge in [0.1, 0.15) is 5.76 Å². The maximum atomic E-state index is 11.4. The first-order valence-electron chi connectivity index (χ1n) is 4.94. The molecule has 0 spiro atoms. The number of carbonyl (C=O) groups excluding carboxylic acids is 1. The molecule has 5 nitrogen and oxygen atoms in total. The Morgan fingerprint density at radius 3 is 2.50 bits per heavy atom. The Bertz CT molecular complexity index is 523. The normalized spacial score (nSPS) is 12.4. The van der Waals surface area contributed by atoms with Gasteiger partial charge in [0.2, 0.25) is 0 Å². The number of amides is 1. The molecular weight excluding hydrogens is 277 g/mol. The van der Waals surface area contributed by atoms with E-state index < -0.39 is 5.91 Å². The van der Waals surface area contributed by atoms with E-state index in [-0.39, 0.29) is 11.5 Å². The maximum Gasteiger partial charge on any atom is 0.275 e. The molecule has 0 aliphatic heterocycles. The van der Waals surface area contributed by atoms with E-state index in [9.17, 15) is 9.90 Å². The summed E-state index contributed by atoms with van der Waals surface area (Å²) >= 11 is 11.6. The number of hydrogen-bond acceptors (Lipinski definition) is 4. The second kappa shape index (κ2) is 6.37. The first-order chi connectivity index (χ1) is 8.45. The van der Waals surface area contributed by atoms with E-state index in [4.69, 9.17) is 23.2 Å². The van der Waals surface area contributed by atoms with Gasteiger partial charge < -0.3 is 10.4 Å². The highest BCUT2D eigenvalue weighted by Gasteiger charge is 2.10. The number of carbonyl (C=O) groups is 1. The largest absolute Gasteiger partial charge is 0.510 e. The lowest BCUT2D eigenvalue weighted by Gasteiger charge is -2.00. The van der Waals surface area contributed by atoms with E-state index in [2.05, 4.69) is 15.5 Å². The van der Waals surface area contributed by atoms with E-state index in [1.165, 1.54) is 20.0 Å². The molecule has 96 valence electrons. The Kier molecular flexibility index (Phi) is 5.12. The summed E-state index contributed by atoms with van der Waals surface area (Å²) in [6.45, 7) is 1.35. The van der Waals surface area contributed by atoms with E-state index >= 15 is 0 Å². The molecule has 0 saturated heterocycles. The summed E-state index contributed by atoms with van der Waals surface area (Å²) in [5.74, 6) is -0.753. The predicted octanol–water partition coefficient (Wildman–Crippen LogP) is 3.61. The maximum absolute atomic E-state index is 11.4. The molecule has 0 heterocycles. The summed E-state index contributed by atoms with van der Waals surface area (Å²) in [5.41, 5.74) is 0.260. The van der Waals surface area contributed by atoms with Crippen molar-refractivity contribution in [1.29, 1.82) is 0 Å². The molecule has 7 heteroatoms. The minimum Gasteiger partial charge on any atom is -0.510 e. The summed E-state index contributed by atoms with van der Waals surface area (Å²) in [6.07, 6.45) is 0. The Morgan fingerprint density at radius 2 is 2.00 bits per heavy atom. The van der Waals surface area contributed by atoms with Crippen molar-refractivity contribution in [2.75, 3.05) is 7.05 Å². The first-order valence-corrected chi connectivity index (χ1v) is 5.70. The minimum atomic E-state index is -0.529. The third kappa shape index (κ3) is 3.72. The second-order valence-electron chi connectivity index (χ2n) is 3.31. The van der Waals surface area contributed by atoms with Crippen molar-refractivity contribution in [3.8, 4) is 0 Å². The van der Waals surface area contributed by atoms with Crippen LogP contribution in [0.4, 0.5) is 5.69 Å². The minimum absolute atomic E-state index is 0.163. The van der Waals surface area contributed by atoms with Gasteiger partial charge in [0.25, 0.3) is 5.91 Å². The molecule has 1 amide bonds. The van der Waals surface area contributed by atoms with Crippen LogP contribution in [0.15, 0.2) is 39.9 Å². The number of aliphatic hydroxyl groups is 1. The van der Waals surface area contributed by atoms with Crippen LogP contribution in [0.2, 0.25) is 10.0 Å². The zero-order chi connectivity index (χ0) is 13.7. The number of allylic oxidation sites excluding steroid dienone is 1. The van der Waals surface area contributed by atoms with Crippen LogP contribution in [-0.2, 0) is 4.79 Å². The van der Waals surface area contributed by atoms with Crippen LogP contribution in [-0.4, -0.2) is 18.1 Å². The number of nitrogens with one attached hydrogen (secondary N) is 1. The van der Waals surface area contributed by atoms with E-state index in [0.29, 0.717) is 15.7 Å². The van der Waals surface area contributed by atoms with Crippen molar-refractivity contribution in [1.82, 2.24) is 5.32 Å². The number of aliphatic hydroxyl groups excluding tert-OH is 1. The molecule has 0 fully saturated rings. The van der Waals surface area contributed by atoms with Gasteiger partial charge in [-0.2, -0.15) is 5.11 Å². The lowest BCUT2D eigenvalue weighted by molar-refractivity contribution is -0.117. The van der Waals surface area contributed by atoms with Crippen LogP contribution < -0.4 is 5.32 Å². The fourth-order valence-electron chi connectivity index (χ4n) is 1.06. The zero-order valence-corrected chi connectivity index (χ0v) is 11.2. The fraction of sp³-hybridized carbons (Fsp3) is 0.182. The number of hydrogen-bond donors (Lipinski definition) is 2. The summed E-state index contributed by atoms with van der Waals surface area (Å²) < 4.78 is 0. The number of benzene rings is 1. The van der Waals surface area contributed by atoms with Crippen molar-refractivity contribution < 1.29 is 9.90 Å². The lowest BCUT2D eigenvalue weighted by atomic mass is 10.3. The van der Waals surface area contributed by atoms with Gasteiger partial charge >= 0.3 is 0 Å². The monoisotopic (exact) mass is 287 g/mol. The molecule has 1 aromatic rings. The molecule has 1 rings (SSSR count). The molecule has 0 aliphatic rings. The number of likely N-dealkylation sites (N-methyl/N-ethyl adjacent to an activating group) is 1. The Morgan fingerprint density at radius 1 is 1.33 bits per heavy atom. The summed E-state index contributed by atoms with van der Waals surface area (Å²) in [4.78, 5) is 11.4. The second-order valence-corrected chi connectivity index (χ2v) is 4.13. The summed E-state index contributed by atoms with van der Waals surface area (Å²) in [6, 6.07) is 4.65. The molecule has 0 radical (unpaired) electrons. The molecule has 0 unspecified atom stereocenters. The van der Waals surface area contributed by atoms with Gasteiger partial charge in [-0.05, 0) is 25.1 Å². The standard InChI is InChI=1S/C11H11Cl2N3O2/c1-6(17)10(11(18)14-2)16-15-7-3-4-8(12)9(13)5-7/h3-5,17H,1-2H3,(H,14,18)/b10-6-,16-15?. The lowest BCUT2D eigenvalue weighted by Crippen LogP contribution is -2.20. The van der Waals surface area contributed by atoms with Crippen LogP contribution in [0, 0.1) is 0 Å². The molecule has 1 aromatic carbocycles. The SMILES string of the molecule is CNC(=O)/C(N=Nc1ccc(Cl)c(Cl)c1)=C(\C)O. The van der Waals surface area contributed by atoms with Gasteiger partial charge in [0.15, 0.2) is 5.70 Å². The Labute approximate surface area is 114 Å². The van der Waals surface area contributed by atoms with Crippen molar-refractivity contribution in [3.63, 3.8) is 0 Å². The third-order valence-corrected chi connectivity index (χ3v) is 2.69. The summed E-state index contributed by atoms with van der Waals surface area (Å²) in [5, 5.41) is 19.9. The van der Waals surface area contributed by atoms with Crippen LogP contribution in [0.3, 0.4) is 0 Å². The van der Waals surface area contributed by atoms with Crippen LogP contribution in [0.25, 0.3) is 0 Å². The summed E-state index contributed by atoms with van der Waals surface area (Å²) in [7, 11) is 1.43. The number of nitrogens with zero attached hydrogens (tertiary/aromatic N) is 2. The van der Waals surface area contributed by atoms with Crippen molar-refractivity contribution in [2.45, 2.75) is 6.92 Å². The average molecular weight is 288 g/mol. The highest BCUT2D eigenvalue weighted by molar-refractivity contribution is 6.42. The van der Waals surface area contributed by atoms with Gasteiger partial charge in [-0.3, -0.25) is 4.79 Å². The van der Waals surface area contributed by atoms with E-state index in [1.807, 2.05) is 0 Å². The molecule has 0 aliphatic carbocycles. The smallest absolute Gasteiger partial charge is 0.275 e. The van der Waals surface area contributed by atoms with Gasteiger partial charge in [-0.15, -0.1) is 5.11 Å². The zero-order valence-electron chi connectivity index (χ0n) is 9.74. The predicted molar refractivity (Wildman–Crippen MR) is 70.4 cm³/mol. The molecule has 2 N–H and O–H groups in total. The van der Waals surface area contributed by atoms with Crippen molar-refractivity contribution in [3.05, 3.63) is 39.7 Å². The third-order valence-electron chi connectivity index (χ3n) is 1.95. The van der Waals surface area contributed by atoms with E-state index in [1.54, 1.807) is 12.1 Å². The highest BCUT2D eigenvalue weighted by Crippen LogP contribution is 2.27. The number of halogens is 2. The van der Waals surface area contributed by atoms with Crippen molar-refractivity contribution in [2.24, 2.45) is 10.2 Å². The Balaban J connectivity index is 3.01. The molecular formula is C11H11Cl2N3O2. The number of rotatable bonds is 3. The van der Waals surface area contributed by atoms with Crippen LogP contribution in [0.1, 0.15) is 6.92 Å². The van der Waals surface area contributed by atoms with Crippen LogP contribution in [0.5, 0.6) is 0 Å². The quantitative estimate of drug-likeness (QED) is 0.506. The van der Waals surface area contributed by atoms with Gasteiger partial charge in [-0.1, -0.05) is 23.2 Å². The fourth-order valence-corrected chi connectivity index (χ4v) is 1.35. The van der Waals surface area contributed by atoms with Gasteiger partial charge in [-0.25, -0.2) is 0 Å². The first kappa shape index (κ1) is 14.5. The highest BCUT2D eigenvalue weighted by atomic mass is 35.5. The van der Waals surface area contributed by atoms with Crippen LogP contribution >= 0.6 is 23.2 Å². The Hall–Kier alpha value is -1.59. The molecule has 18 heavy (non-hydrogen) atoms. The molecule has 0 saturated carbocycles. The number of azo groups is 1. The van der Waals surface area contributed by atoms with Gasteiger partial charge in [0.05, 0.1) is 15.7 Å². The topological polar surface area (TPSA) is 74.0 Å². The molecule has 0 aromatic heterocycles. The average Bonchev–Trinajstić information content (AvgIpc) is 2.33.